The molecule has 0 amide bonds. The van der Waals surface area contributed by atoms with Gasteiger partial charge in [0.2, 0.25) is 0 Å². The highest BCUT2D eigenvalue weighted by atomic mass is 16.5. The fourth-order valence-electron chi connectivity index (χ4n) is 2.20. The average molecular weight is 272 g/mol. The molecule has 4 nitrogen and oxygen atoms in total. The number of rotatable bonds is 6. The molecular formula is C16H20N2O2. The van der Waals surface area contributed by atoms with Crippen LogP contribution in [0, 0.1) is 0 Å². The Balaban J connectivity index is 2.42. The summed E-state index contributed by atoms with van der Waals surface area (Å²) >= 11 is 0. The third-order valence-electron chi connectivity index (χ3n) is 3.13. The molecule has 0 fully saturated rings. The molecule has 0 saturated heterocycles. The van der Waals surface area contributed by atoms with Gasteiger partial charge in [-0.05, 0) is 25.3 Å². The predicted octanol–water partition coefficient (Wildman–Crippen LogP) is 2.84. The third kappa shape index (κ3) is 3.14. The van der Waals surface area contributed by atoms with Crippen molar-refractivity contribution in [2.75, 3.05) is 13.2 Å². The van der Waals surface area contributed by atoms with Gasteiger partial charge in [-0.1, -0.05) is 31.2 Å². The number of carbonyl (C=O) groups is 1. The summed E-state index contributed by atoms with van der Waals surface area (Å²) in [5.41, 5.74) is 0.870. The summed E-state index contributed by atoms with van der Waals surface area (Å²) in [6.07, 6.45) is 4.50. The predicted molar refractivity (Wildman–Crippen MR) is 79.4 cm³/mol. The second kappa shape index (κ2) is 7.01. The van der Waals surface area contributed by atoms with Crippen LogP contribution < -0.4 is 5.32 Å². The highest BCUT2D eigenvalue weighted by molar-refractivity contribution is 5.90. The lowest BCUT2D eigenvalue weighted by Crippen LogP contribution is -2.31. The molecule has 0 saturated carbocycles. The topological polar surface area (TPSA) is 51.2 Å². The summed E-state index contributed by atoms with van der Waals surface area (Å²) in [5, 5.41) is 5.31. The number of nitrogens with one attached hydrogen (secondary N) is 1. The highest BCUT2D eigenvalue weighted by Crippen LogP contribution is 2.24. The molecule has 0 aliphatic rings. The number of carbonyl (C=O) groups excluding carboxylic acids is 1. The summed E-state index contributed by atoms with van der Waals surface area (Å²) in [4.78, 5) is 16.4. The van der Waals surface area contributed by atoms with Crippen LogP contribution in [0.4, 0.5) is 0 Å². The van der Waals surface area contributed by atoms with E-state index in [9.17, 15) is 4.79 Å². The van der Waals surface area contributed by atoms with Gasteiger partial charge in [0.05, 0.1) is 6.61 Å². The van der Waals surface area contributed by atoms with Crippen LogP contribution in [-0.2, 0) is 9.53 Å². The van der Waals surface area contributed by atoms with Crippen molar-refractivity contribution in [3.05, 3.63) is 42.2 Å². The van der Waals surface area contributed by atoms with Crippen LogP contribution in [0.3, 0.4) is 0 Å². The molecule has 0 radical (unpaired) electrons. The van der Waals surface area contributed by atoms with Crippen molar-refractivity contribution in [1.29, 1.82) is 0 Å². The van der Waals surface area contributed by atoms with E-state index in [4.69, 9.17) is 4.74 Å². The number of hydrogen-bond donors (Lipinski definition) is 1. The van der Waals surface area contributed by atoms with Crippen molar-refractivity contribution >= 4 is 16.7 Å². The van der Waals surface area contributed by atoms with Gasteiger partial charge >= 0.3 is 5.97 Å². The second-order valence-corrected chi connectivity index (χ2v) is 4.59. The molecule has 1 unspecified atom stereocenters. The zero-order chi connectivity index (χ0) is 14.4. The molecule has 2 aromatic rings. The zero-order valence-electron chi connectivity index (χ0n) is 11.9. The number of esters is 1. The highest BCUT2D eigenvalue weighted by Gasteiger charge is 2.23. The number of benzene rings is 1. The van der Waals surface area contributed by atoms with E-state index in [2.05, 4.69) is 17.2 Å². The van der Waals surface area contributed by atoms with E-state index < -0.39 is 6.04 Å². The molecule has 0 aliphatic carbocycles. The van der Waals surface area contributed by atoms with Crippen LogP contribution in [0.1, 0.15) is 31.9 Å². The van der Waals surface area contributed by atoms with Crippen molar-refractivity contribution in [1.82, 2.24) is 10.3 Å². The van der Waals surface area contributed by atoms with Gasteiger partial charge in [-0.25, -0.2) is 4.79 Å². The zero-order valence-corrected chi connectivity index (χ0v) is 11.9. The van der Waals surface area contributed by atoms with Gasteiger partial charge in [0.25, 0.3) is 0 Å². The summed E-state index contributed by atoms with van der Waals surface area (Å²) in [7, 11) is 0. The minimum atomic E-state index is -0.464. The van der Waals surface area contributed by atoms with Gasteiger partial charge in [0, 0.05) is 23.3 Å². The van der Waals surface area contributed by atoms with Crippen molar-refractivity contribution in [3.63, 3.8) is 0 Å². The van der Waals surface area contributed by atoms with Gasteiger partial charge in [-0.3, -0.25) is 4.98 Å². The van der Waals surface area contributed by atoms with Crippen molar-refractivity contribution < 1.29 is 9.53 Å². The van der Waals surface area contributed by atoms with Crippen LogP contribution in [0.15, 0.2) is 36.7 Å². The molecule has 106 valence electrons. The van der Waals surface area contributed by atoms with Crippen LogP contribution in [0.25, 0.3) is 10.8 Å². The van der Waals surface area contributed by atoms with Gasteiger partial charge < -0.3 is 10.1 Å². The summed E-state index contributed by atoms with van der Waals surface area (Å²) < 4.78 is 5.18. The monoisotopic (exact) mass is 272 g/mol. The quantitative estimate of drug-likeness (QED) is 0.822. The summed E-state index contributed by atoms with van der Waals surface area (Å²) in [6.45, 7) is 5.01. The number of ether oxygens (including phenoxy) is 1. The molecule has 1 N–H and O–H groups in total. The molecule has 1 atom stereocenters. The largest absolute Gasteiger partial charge is 0.465 e. The Bertz CT molecular complexity index is 578. The van der Waals surface area contributed by atoms with Crippen molar-refractivity contribution in [2.45, 2.75) is 26.3 Å². The number of hydrogen-bond acceptors (Lipinski definition) is 4. The second-order valence-electron chi connectivity index (χ2n) is 4.59. The molecular weight excluding hydrogens is 252 g/mol. The Kier molecular flexibility index (Phi) is 5.07. The van der Waals surface area contributed by atoms with E-state index in [0.29, 0.717) is 6.61 Å². The summed E-state index contributed by atoms with van der Waals surface area (Å²) in [5.74, 6) is -0.251. The molecule has 0 bridgehead atoms. The molecule has 1 heterocycles. The van der Waals surface area contributed by atoms with Crippen molar-refractivity contribution in [3.8, 4) is 0 Å². The lowest BCUT2D eigenvalue weighted by atomic mass is 10.0. The van der Waals surface area contributed by atoms with E-state index in [1.54, 1.807) is 12.4 Å². The average Bonchev–Trinajstić information content (AvgIpc) is 2.48. The SMILES string of the molecule is CCCNC(C(=O)OCC)c1cncc2ccccc12. The first-order valence-electron chi connectivity index (χ1n) is 7.00. The minimum Gasteiger partial charge on any atom is -0.465 e. The first-order valence-corrected chi connectivity index (χ1v) is 7.00. The van der Waals surface area contributed by atoms with E-state index >= 15 is 0 Å². The maximum atomic E-state index is 12.2. The number of pyridine rings is 1. The Morgan fingerprint density at radius 3 is 2.85 bits per heavy atom. The Hall–Kier alpha value is -1.94. The fourth-order valence-corrected chi connectivity index (χ4v) is 2.20. The van der Waals surface area contributed by atoms with Gasteiger partial charge in [-0.2, -0.15) is 0 Å². The number of nitrogens with zero attached hydrogens (tertiary/aromatic N) is 1. The van der Waals surface area contributed by atoms with Crippen LogP contribution in [-0.4, -0.2) is 24.1 Å². The van der Waals surface area contributed by atoms with Crippen LogP contribution >= 0.6 is 0 Å². The molecule has 0 spiro atoms. The molecule has 0 aliphatic heterocycles. The maximum absolute atomic E-state index is 12.2. The first-order chi connectivity index (χ1) is 9.77. The van der Waals surface area contributed by atoms with Gasteiger partial charge in [-0.15, -0.1) is 0 Å². The molecule has 1 aromatic carbocycles. The van der Waals surface area contributed by atoms with Crippen LogP contribution in [0.2, 0.25) is 0 Å². The molecule has 4 heteroatoms. The normalized spacial score (nSPS) is 12.3. The fraction of sp³-hybridized carbons (Fsp3) is 0.375. The van der Waals surface area contributed by atoms with E-state index in [0.717, 1.165) is 29.3 Å². The molecule has 2 rings (SSSR count). The number of fused-ring (bicyclic) bond motifs is 1. The minimum absolute atomic E-state index is 0.251. The van der Waals surface area contributed by atoms with E-state index in [-0.39, 0.29) is 5.97 Å². The Morgan fingerprint density at radius 2 is 2.10 bits per heavy atom. The van der Waals surface area contributed by atoms with E-state index in [1.807, 2.05) is 31.2 Å². The van der Waals surface area contributed by atoms with Crippen LogP contribution in [0.5, 0.6) is 0 Å². The van der Waals surface area contributed by atoms with Gasteiger partial charge in [0.15, 0.2) is 0 Å². The Labute approximate surface area is 119 Å². The standard InChI is InChI=1S/C16H20N2O2/c1-3-9-18-15(16(19)20-4-2)14-11-17-10-12-7-5-6-8-13(12)14/h5-8,10-11,15,18H,3-4,9H2,1-2H3. The number of aromatic nitrogens is 1. The van der Waals surface area contributed by atoms with Crippen molar-refractivity contribution in [2.24, 2.45) is 0 Å². The maximum Gasteiger partial charge on any atom is 0.327 e. The van der Waals surface area contributed by atoms with E-state index in [1.165, 1.54) is 0 Å². The molecule has 1 aromatic heterocycles. The lowest BCUT2D eigenvalue weighted by molar-refractivity contribution is -0.145. The lowest BCUT2D eigenvalue weighted by Gasteiger charge is -2.18. The smallest absolute Gasteiger partial charge is 0.327 e. The molecule has 20 heavy (non-hydrogen) atoms. The Morgan fingerprint density at radius 1 is 1.30 bits per heavy atom. The first kappa shape index (κ1) is 14.5. The summed E-state index contributed by atoms with van der Waals surface area (Å²) in [6, 6.07) is 7.47. The van der Waals surface area contributed by atoms with Gasteiger partial charge in [0.1, 0.15) is 6.04 Å². The third-order valence-corrected chi connectivity index (χ3v) is 3.13.